The number of nitrogens with one attached hydrogen (secondary N) is 1. The largest absolute Gasteiger partial charge is 0.481 e. The Hall–Kier alpha value is -4.31. The summed E-state index contributed by atoms with van der Waals surface area (Å²) in [5.74, 6) is -2.25. The van der Waals surface area contributed by atoms with Gasteiger partial charge >= 0.3 is 5.97 Å². The van der Waals surface area contributed by atoms with Crippen LogP contribution in [-0.2, 0) is 11.3 Å². The summed E-state index contributed by atoms with van der Waals surface area (Å²) in [6.45, 7) is 3.99. The average Bonchev–Trinajstić information content (AvgIpc) is 3.32. The molecule has 5 N–H and O–H groups in total. The zero-order valence-corrected chi connectivity index (χ0v) is 23.4. The van der Waals surface area contributed by atoms with Gasteiger partial charge in [-0.25, -0.2) is 4.39 Å². The van der Waals surface area contributed by atoms with E-state index in [1.165, 1.54) is 12.1 Å². The van der Waals surface area contributed by atoms with Crippen molar-refractivity contribution in [2.75, 3.05) is 5.32 Å². The van der Waals surface area contributed by atoms with Crippen LogP contribution in [0.5, 0.6) is 0 Å². The van der Waals surface area contributed by atoms with E-state index in [-0.39, 0.29) is 24.8 Å². The number of para-hydroxylation sites is 1. The maximum Gasteiger partial charge on any atom is 0.306 e. The zero-order chi connectivity index (χ0) is 30.4. The van der Waals surface area contributed by atoms with E-state index in [2.05, 4.69) is 5.32 Å². The van der Waals surface area contributed by atoms with E-state index in [0.29, 0.717) is 33.8 Å². The molecule has 3 unspecified atom stereocenters. The monoisotopic (exact) mass is 574 g/mol. The second kappa shape index (κ2) is 13.6. The number of aliphatic carboxylic acids is 1. The van der Waals surface area contributed by atoms with Crippen LogP contribution in [0.15, 0.2) is 84.9 Å². The van der Waals surface area contributed by atoms with E-state index in [9.17, 15) is 29.3 Å². The fourth-order valence-electron chi connectivity index (χ4n) is 5.20. The molecule has 0 bridgehead atoms. The Morgan fingerprint density at radius 2 is 1.43 bits per heavy atom. The molecule has 1 amide bonds. The highest BCUT2D eigenvalue weighted by Gasteiger charge is 2.32. The lowest BCUT2D eigenvalue weighted by atomic mass is 9.94. The van der Waals surface area contributed by atoms with Crippen molar-refractivity contribution >= 4 is 17.6 Å². The van der Waals surface area contributed by atoms with Crippen LogP contribution in [0.3, 0.4) is 0 Å². The molecular weight excluding hydrogens is 539 g/mol. The molecule has 0 aliphatic heterocycles. The molecule has 220 valence electrons. The lowest BCUT2D eigenvalue weighted by Gasteiger charge is -2.24. The number of aromatic nitrogens is 1. The number of benzene rings is 3. The summed E-state index contributed by atoms with van der Waals surface area (Å²) >= 11 is 0. The average molecular weight is 575 g/mol. The van der Waals surface area contributed by atoms with Gasteiger partial charge < -0.3 is 30.3 Å². The van der Waals surface area contributed by atoms with E-state index in [4.69, 9.17) is 5.11 Å². The molecule has 4 aromatic rings. The molecule has 0 fully saturated rings. The molecule has 0 saturated heterocycles. The Kier molecular flexibility index (Phi) is 9.90. The zero-order valence-electron chi connectivity index (χ0n) is 23.4. The van der Waals surface area contributed by atoms with Gasteiger partial charge in [-0.3, -0.25) is 9.59 Å². The van der Waals surface area contributed by atoms with Gasteiger partial charge in [-0.05, 0) is 59.9 Å². The van der Waals surface area contributed by atoms with Gasteiger partial charge in [0, 0.05) is 23.5 Å². The van der Waals surface area contributed by atoms with Crippen LogP contribution in [0.1, 0.15) is 48.7 Å². The van der Waals surface area contributed by atoms with Crippen molar-refractivity contribution in [1.82, 2.24) is 4.57 Å². The van der Waals surface area contributed by atoms with Crippen LogP contribution in [0.4, 0.5) is 10.1 Å². The van der Waals surface area contributed by atoms with Crippen molar-refractivity contribution in [3.05, 3.63) is 102 Å². The maximum atomic E-state index is 14.1. The molecule has 0 aliphatic carbocycles. The first-order valence-corrected chi connectivity index (χ1v) is 13.8. The third-order valence-electron chi connectivity index (χ3n) is 7.11. The molecule has 1 aromatic heterocycles. The third kappa shape index (κ3) is 6.94. The summed E-state index contributed by atoms with van der Waals surface area (Å²) in [5.41, 5.74) is 4.33. The molecule has 42 heavy (non-hydrogen) atoms. The number of carbonyl (C=O) groups excluding carboxylic acids is 1. The van der Waals surface area contributed by atoms with Crippen molar-refractivity contribution in [3.8, 4) is 22.4 Å². The van der Waals surface area contributed by atoms with Gasteiger partial charge in [0.15, 0.2) is 0 Å². The van der Waals surface area contributed by atoms with Gasteiger partial charge in [0.2, 0.25) is 0 Å². The predicted molar refractivity (Wildman–Crippen MR) is 159 cm³/mol. The minimum absolute atomic E-state index is 0.0611. The summed E-state index contributed by atoms with van der Waals surface area (Å²) in [5, 5.41) is 43.2. The van der Waals surface area contributed by atoms with Gasteiger partial charge in [-0.1, -0.05) is 62.4 Å². The fourth-order valence-corrected chi connectivity index (χ4v) is 5.20. The Morgan fingerprint density at radius 3 is 2.00 bits per heavy atom. The van der Waals surface area contributed by atoms with Crippen molar-refractivity contribution < 1.29 is 34.4 Å². The van der Waals surface area contributed by atoms with Gasteiger partial charge in [0.05, 0.1) is 29.9 Å². The molecule has 3 aromatic carbocycles. The standard InChI is InChI=1S/C33H35FN2O6/c1-20(2)30-29(33(42)35-24-11-7-4-8-12-24)28(21-9-5-3-6-10-21)31(22-13-15-23(34)16-14-22)36(30)18-17-25(37)32(41)26(38)19-27(39)40/h3-16,20,25-26,32,37-38,41H,17-19H2,1-2H3,(H,35,42)(H,39,40). The van der Waals surface area contributed by atoms with Crippen LogP contribution in [-0.4, -0.2) is 55.2 Å². The number of aliphatic hydroxyl groups excluding tert-OH is 3. The van der Waals surface area contributed by atoms with Crippen LogP contribution < -0.4 is 5.32 Å². The quantitative estimate of drug-likeness (QED) is 0.156. The van der Waals surface area contributed by atoms with E-state index in [1.807, 2.05) is 66.9 Å². The number of amides is 1. The number of aliphatic hydroxyl groups is 3. The number of halogens is 1. The Labute approximate surface area is 243 Å². The third-order valence-corrected chi connectivity index (χ3v) is 7.11. The summed E-state index contributed by atoms with van der Waals surface area (Å²) in [4.78, 5) is 25.1. The molecule has 1 heterocycles. The summed E-state index contributed by atoms with van der Waals surface area (Å²) in [6, 6.07) is 24.3. The number of anilines is 1. The molecule has 8 nitrogen and oxygen atoms in total. The molecule has 4 rings (SSSR count). The first kappa shape index (κ1) is 30.6. The molecule has 0 radical (unpaired) electrons. The normalized spacial score (nSPS) is 13.5. The van der Waals surface area contributed by atoms with Crippen LogP contribution >= 0.6 is 0 Å². The van der Waals surface area contributed by atoms with Gasteiger partial charge in [0.25, 0.3) is 5.91 Å². The molecule has 9 heteroatoms. The van der Waals surface area contributed by atoms with Gasteiger partial charge in [-0.2, -0.15) is 0 Å². The second-order valence-electron chi connectivity index (χ2n) is 10.5. The summed E-state index contributed by atoms with van der Waals surface area (Å²) < 4.78 is 15.9. The second-order valence-corrected chi connectivity index (χ2v) is 10.5. The smallest absolute Gasteiger partial charge is 0.306 e. The van der Waals surface area contributed by atoms with Crippen LogP contribution in [0.2, 0.25) is 0 Å². The van der Waals surface area contributed by atoms with Crippen molar-refractivity contribution in [3.63, 3.8) is 0 Å². The van der Waals surface area contributed by atoms with E-state index in [1.54, 1.807) is 24.3 Å². The Balaban J connectivity index is 1.91. The Bertz CT molecular complexity index is 1500. The van der Waals surface area contributed by atoms with Crippen LogP contribution in [0.25, 0.3) is 22.4 Å². The molecular formula is C33H35FN2O6. The SMILES string of the molecule is CC(C)c1c(C(=O)Nc2ccccc2)c(-c2ccccc2)c(-c2ccc(F)cc2)n1CCC(O)C(O)C(O)CC(=O)O. The first-order valence-electron chi connectivity index (χ1n) is 13.8. The Morgan fingerprint density at radius 1 is 0.833 bits per heavy atom. The number of carboxylic acids is 1. The molecule has 3 atom stereocenters. The number of hydrogen-bond donors (Lipinski definition) is 5. The van der Waals surface area contributed by atoms with E-state index >= 15 is 0 Å². The van der Waals surface area contributed by atoms with Crippen molar-refractivity contribution in [2.45, 2.75) is 57.5 Å². The highest BCUT2D eigenvalue weighted by atomic mass is 19.1. The fraction of sp³-hybridized carbons (Fsp3) is 0.273. The number of carbonyl (C=O) groups is 2. The molecule has 0 saturated carbocycles. The highest BCUT2D eigenvalue weighted by Crippen LogP contribution is 2.42. The first-order chi connectivity index (χ1) is 20.1. The lowest BCUT2D eigenvalue weighted by molar-refractivity contribution is -0.143. The topological polar surface area (TPSA) is 132 Å². The number of hydrogen-bond acceptors (Lipinski definition) is 5. The van der Waals surface area contributed by atoms with E-state index < -0.39 is 36.5 Å². The number of carboxylic acid groups (broad SMARTS) is 1. The maximum absolute atomic E-state index is 14.1. The molecule has 0 aliphatic rings. The highest BCUT2D eigenvalue weighted by molar-refractivity contribution is 6.12. The van der Waals surface area contributed by atoms with E-state index in [0.717, 1.165) is 5.56 Å². The van der Waals surface area contributed by atoms with Crippen molar-refractivity contribution in [2.24, 2.45) is 0 Å². The predicted octanol–water partition coefficient (Wildman–Crippen LogP) is 5.28. The van der Waals surface area contributed by atoms with Gasteiger partial charge in [-0.15, -0.1) is 0 Å². The van der Waals surface area contributed by atoms with Gasteiger partial charge in [0.1, 0.15) is 11.9 Å². The number of rotatable bonds is 12. The summed E-state index contributed by atoms with van der Waals surface area (Å²) in [7, 11) is 0. The van der Waals surface area contributed by atoms with Crippen LogP contribution in [0, 0.1) is 5.82 Å². The molecule has 0 spiro atoms. The summed E-state index contributed by atoms with van der Waals surface area (Å²) in [6.07, 6.45) is -5.58. The lowest BCUT2D eigenvalue weighted by Crippen LogP contribution is -2.39. The minimum atomic E-state index is -1.69. The minimum Gasteiger partial charge on any atom is -0.481 e. The number of nitrogens with zero attached hydrogens (tertiary/aromatic N) is 1. The van der Waals surface area contributed by atoms with Crippen molar-refractivity contribution in [1.29, 1.82) is 0 Å².